The summed E-state index contributed by atoms with van der Waals surface area (Å²) in [5.41, 5.74) is 2.43. The molecule has 3 rings (SSSR count). The first-order chi connectivity index (χ1) is 8.56. The minimum absolute atomic E-state index is 0.193. The van der Waals surface area contributed by atoms with Gasteiger partial charge in [-0.05, 0) is 11.1 Å². The summed E-state index contributed by atoms with van der Waals surface area (Å²) in [7, 11) is 1.57. The lowest BCUT2D eigenvalue weighted by molar-refractivity contribution is -0.118. The van der Waals surface area contributed by atoms with Gasteiger partial charge in [0.1, 0.15) is 12.3 Å². The van der Waals surface area contributed by atoms with Gasteiger partial charge in [-0.2, -0.15) is 0 Å². The second kappa shape index (κ2) is 5.00. The highest BCUT2D eigenvalue weighted by atomic mass is 16.2. The maximum absolute atomic E-state index is 10.9. The predicted octanol–water partition coefficient (Wildman–Crippen LogP) is 0.522. The van der Waals surface area contributed by atoms with E-state index in [4.69, 9.17) is 0 Å². The first kappa shape index (κ1) is 12.3. The van der Waals surface area contributed by atoms with Gasteiger partial charge in [0, 0.05) is 19.9 Å². The van der Waals surface area contributed by atoms with Gasteiger partial charge in [-0.25, -0.2) is 4.79 Å². The number of carbonyl (C=O) groups excluding carboxylic acids is 3. The molecular formula is C13H14N2O3. The molecule has 1 heterocycles. The third-order valence-electron chi connectivity index (χ3n) is 2.87. The van der Waals surface area contributed by atoms with Crippen molar-refractivity contribution in [2.24, 2.45) is 0 Å². The molecular weight excluding hydrogens is 232 g/mol. The van der Waals surface area contributed by atoms with E-state index in [2.05, 4.69) is 5.32 Å². The number of amides is 3. The number of hydrogen-bond acceptors (Lipinski definition) is 3. The van der Waals surface area contributed by atoms with Crippen molar-refractivity contribution in [3.05, 3.63) is 35.4 Å². The van der Waals surface area contributed by atoms with Crippen LogP contribution in [0.25, 0.3) is 0 Å². The van der Waals surface area contributed by atoms with Crippen LogP contribution in [0.1, 0.15) is 11.1 Å². The zero-order valence-electron chi connectivity index (χ0n) is 10.1. The molecule has 1 N–H and O–H groups in total. The summed E-state index contributed by atoms with van der Waals surface area (Å²) in [4.78, 5) is 32.9. The molecule has 2 aliphatic rings. The summed E-state index contributed by atoms with van der Waals surface area (Å²) in [6.07, 6.45) is 1.30. The number of ketones is 1. The van der Waals surface area contributed by atoms with Crippen LogP contribution < -0.4 is 5.32 Å². The van der Waals surface area contributed by atoms with E-state index in [0.717, 1.165) is 0 Å². The third kappa shape index (κ3) is 2.74. The van der Waals surface area contributed by atoms with Gasteiger partial charge in [-0.15, -0.1) is 0 Å². The zero-order chi connectivity index (χ0) is 13.1. The molecule has 0 aromatic heterocycles. The SMILES string of the molecule is CN1CC(=O)NC1=O.O=C1Cc2ccccc2C1. The Hall–Kier alpha value is -2.17. The van der Waals surface area contributed by atoms with Crippen LogP contribution in [0.3, 0.4) is 0 Å². The Bertz CT molecular complexity index is 484. The number of rotatable bonds is 0. The van der Waals surface area contributed by atoms with Crippen LogP contribution in [0.15, 0.2) is 24.3 Å². The van der Waals surface area contributed by atoms with Gasteiger partial charge < -0.3 is 4.90 Å². The molecule has 1 fully saturated rings. The fourth-order valence-corrected chi connectivity index (χ4v) is 1.93. The van der Waals surface area contributed by atoms with E-state index in [0.29, 0.717) is 18.6 Å². The number of urea groups is 1. The van der Waals surface area contributed by atoms with Crippen LogP contribution in [-0.2, 0) is 22.4 Å². The Morgan fingerprint density at radius 2 is 1.61 bits per heavy atom. The van der Waals surface area contributed by atoms with E-state index >= 15 is 0 Å². The van der Waals surface area contributed by atoms with Gasteiger partial charge in [-0.3, -0.25) is 14.9 Å². The van der Waals surface area contributed by atoms with Crippen molar-refractivity contribution in [1.29, 1.82) is 0 Å². The van der Waals surface area contributed by atoms with E-state index in [-0.39, 0.29) is 18.5 Å². The summed E-state index contributed by atoms with van der Waals surface area (Å²) in [5, 5.41) is 2.11. The Balaban J connectivity index is 0.000000138. The van der Waals surface area contributed by atoms with Crippen LogP contribution in [0, 0.1) is 0 Å². The molecule has 0 unspecified atom stereocenters. The van der Waals surface area contributed by atoms with Crippen LogP contribution >= 0.6 is 0 Å². The second-order valence-electron chi connectivity index (χ2n) is 4.37. The van der Waals surface area contributed by atoms with Gasteiger partial charge >= 0.3 is 6.03 Å². The fraction of sp³-hybridized carbons (Fsp3) is 0.308. The number of likely N-dealkylation sites (N-methyl/N-ethyl adjacent to an activating group) is 1. The number of Topliss-reactive ketones (excluding diaryl/α,β-unsaturated/α-hetero) is 1. The monoisotopic (exact) mass is 246 g/mol. The Morgan fingerprint density at radius 1 is 1.06 bits per heavy atom. The summed E-state index contributed by atoms with van der Waals surface area (Å²) in [6, 6.07) is 7.71. The lowest BCUT2D eigenvalue weighted by atomic mass is 10.1. The lowest BCUT2D eigenvalue weighted by Crippen LogP contribution is -2.24. The van der Waals surface area contributed by atoms with Crippen molar-refractivity contribution in [1.82, 2.24) is 10.2 Å². The largest absolute Gasteiger partial charge is 0.324 e. The first-order valence-electron chi connectivity index (χ1n) is 5.69. The minimum Gasteiger partial charge on any atom is -0.318 e. The van der Waals surface area contributed by atoms with Crippen molar-refractivity contribution in [3.8, 4) is 0 Å². The maximum atomic E-state index is 10.9. The van der Waals surface area contributed by atoms with Gasteiger partial charge in [0.2, 0.25) is 5.91 Å². The predicted molar refractivity (Wildman–Crippen MR) is 65.0 cm³/mol. The van der Waals surface area contributed by atoms with Crippen molar-refractivity contribution in [2.75, 3.05) is 13.6 Å². The van der Waals surface area contributed by atoms with Crippen LogP contribution in [0.5, 0.6) is 0 Å². The number of nitrogens with zero attached hydrogens (tertiary/aromatic N) is 1. The highest BCUT2D eigenvalue weighted by molar-refractivity contribution is 6.01. The quantitative estimate of drug-likeness (QED) is 0.679. The maximum Gasteiger partial charge on any atom is 0.324 e. The van der Waals surface area contributed by atoms with E-state index in [9.17, 15) is 14.4 Å². The van der Waals surface area contributed by atoms with Gasteiger partial charge in [0.15, 0.2) is 0 Å². The molecule has 94 valence electrons. The number of hydrogen-bond donors (Lipinski definition) is 1. The molecule has 1 saturated heterocycles. The van der Waals surface area contributed by atoms with Crippen LogP contribution in [-0.4, -0.2) is 36.2 Å². The molecule has 0 saturated carbocycles. The fourth-order valence-electron chi connectivity index (χ4n) is 1.93. The third-order valence-corrected chi connectivity index (χ3v) is 2.87. The molecule has 0 atom stereocenters. The molecule has 3 amide bonds. The van der Waals surface area contributed by atoms with Crippen molar-refractivity contribution >= 4 is 17.7 Å². The molecule has 5 heteroatoms. The summed E-state index contributed by atoms with van der Waals surface area (Å²) in [5.74, 6) is 0.124. The average Bonchev–Trinajstić information content (AvgIpc) is 2.81. The first-order valence-corrected chi connectivity index (χ1v) is 5.69. The second-order valence-corrected chi connectivity index (χ2v) is 4.37. The zero-order valence-corrected chi connectivity index (χ0v) is 10.1. The molecule has 5 nitrogen and oxygen atoms in total. The van der Waals surface area contributed by atoms with Gasteiger partial charge in [0.05, 0.1) is 0 Å². The molecule has 18 heavy (non-hydrogen) atoms. The van der Waals surface area contributed by atoms with E-state index in [1.807, 2.05) is 24.3 Å². The highest BCUT2D eigenvalue weighted by Crippen LogP contribution is 2.17. The number of imide groups is 1. The Labute approximate surface area is 105 Å². The number of fused-ring (bicyclic) bond motifs is 1. The van der Waals surface area contributed by atoms with Gasteiger partial charge in [0.25, 0.3) is 0 Å². The summed E-state index contributed by atoms with van der Waals surface area (Å²) < 4.78 is 0. The van der Waals surface area contributed by atoms with Crippen molar-refractivity contribution in [2.45, 2.75) is 12.8 Å². The molecule has 0 radical (unpaired) electrons. The van der Waals surface area contributed by atoms with Crippen molar-refractivity contribution < 1.29 is 14.4 Å². The lowest BCUT2D eigenvalue weighted by Gasteiger charge is -1.99. The van der Waals surface area contributed by atoms with Crippen LogP contribution in [0.4, 0.5) is 4.79 Å². The number of benzene rings is 1. The smallest absolute Gasteiger partial charge is 0.318 e. The Kier molecular flexibility index (Phi) is 3.41. The molecule has 1 aliphatic carbocycles. The van der Waals surface area contributed by atoms with E-state index < -0.39 is 0 Å². The standard InChI is InChI=1S/C9H8O.C4H6N2O2/c10-9-5-7-3-1-2-4-8(7)6-9;1-6-2-3(7)5-4(6)8/h1-4H,5-6H2;2H2,1H3,(H,5,7,8). The number of carbonyl (C=O) groups is 3. The van der Waals surface area contributed by atoms with Gasteiger partial charge in [-0.1, -0.05) is 24.3 Å². The van der Waals surface area contributed by atoms with Crippen molar-refractivity contribution in [3.63, 3.8) is 0 Å². The molecule has 1 aromatic rings. The highest BCUT2D eigenvalue weighted by Gasteiger charge is 2.21. The normalized spacial score (nSPS) is 17.2. The molecule has 0 bridgehead atoms. The Morgan fingerprint density at radius 3 is 1.94 bits per heavy atom. The molecule has 1 aromatic carbocycles. The average molecular weight is 246 g/mol. The number of nitrogens with one attached hydrogen (secondary N) is 1. The van der Waals surface area contributed by atoms with E-state index in [1.54, 1.807) is 7.05 Å². The minimum atomic E-state index is -0.310. The summed E-state index contributed by atoms with van der Waals surface area (Å²) in [6.45, 7) is 0.193. The van der Waals surface area contributed by atoms with Crippen LogP contribution in [0.2, 0.25) is 0 Å². The summed E-state index contributed by atoms with van der Waals surface area (Å²) >= 11 is 0. The molecule has 1 aliphatic heterocycles. The molecule has 0 spiro atoms. The topological polar surface area (TPSA) is 66.5 Å². The van der Waals surface area contributed by atoms with E-state index in [1.165, 1.54) is 16.0 Å².